The molecule has 0 aromatic carbocycles. The van der Waals surface area contributed by atoms with Gasteiger partial charge in [-0.15, -0.1) is 0 Å². The second-order valence-electron chi connectivity index (χ2n) is 18.1. The number of carbonyl (C=O) groups excluding carboxylic acids is 2. The molecule has 0 radical (unpaired) electrons. The van der Waals surface area contributed by atoms with Crippen LogP contribution in [0.15, 0.2) is 0 Å². The number of ether oxygens (including phenoxy) is 3. The molecule has 6 nitrogen and oxygen atoms in total. The van der Waals surface area contributed by atoms with Crippen molar-refractivity contribution in [2.24, 2.45) is 11.8 Å². The zero-order valence-corrected chi connectivity index (χ0v) is 38.9. The highest BCUT2D eigenvalue weighted by Gasteiger charge is 2.14. The summed E-state index contributed by atoms with van der Waals surface area (Å²) in [6, 6.07) is 0. The Morgan fingerprint density at radius 2 is 0.807 bits per heavy atom. The van der Waals surface area contributed by atoms with Crippen molar-refractivity contribution in [2.45, 2.75) is 265 Å². The van der Waals surface area contributed by atoms with Gasteiger partial charge in [0.05, 0.1) is 19.3 Å². The average molecular weight is 806 g/mol. The van der Waals surface area contributed by atoms with E-state index < -0.39 is 0 Å². The molecule has 338 valence electrons. The summed E-state index contributed by atoms with van der Waals surface area (Å²) in [4.78, 5) is 27.5. The molecule has 6 heteroatoms. The maximum atomic E-state index is 12.5. The Labute approximate surface area is 355 Å². The van der Waals surface area contributed by atoms with Crippen LogP contribution in [0.4, 0.5) is 0 Å². The molecule has 0 spiro atoms. The minimum atomic E-state index is 0.000371. The predicted molar refractivity (Wildman–Crippen MR) is 244 cm³/mol. The average Bonchev–Trinajstić information content (AvgIpc) is 3.21. The Bertz CT molecular complexity index is 841. The van der Waals surface area contributed by atoms with Crippen molar-refractivity contribution in [3.8, 4) is 0 Å². The summed E-state index contributed by atoms with van der Waals surface area (Å²) >= 11 is 0. The minimum absolute atomic E-state index is 0.000371. The number of nitrogens with zero attached hydrogens (tertiary/aromatic N) is 1. The van der Waals surface area contributed by atoms with E-state index in [9.17, 15) is 9.59 Å². The fourth-order valence-electron chi connectivity index (χ4n) is 8.80. The van der Waals surface area contributed by atoms with Gasteiger partial charge in [0.2, 0.25) is 0 Å². The van der Waals surface area contributed by atoms with Crippen LogP contribution in [-0.2, 0) is 23.8 Å². The highest BCUT2D eigenvalue weighted by molar-refractivity contribution is 5.69. The Kier molecular flexibility index (Phi) is 39.3. The third-order valence-electron chi connectivity index (χ3n) is 12.7. The van der Waals surface area contributed by atoms with E-state index in [1.807, 2.05) is 0 Å². The normalized spacial score (nSPS) is 14.1. The Morgan fingerprint density at radius 1 is 0.421 bits per heavy atom. The monoisotopic (exact) mass is 806 g/mol. The van der Waals surface area contributed by atoms with Crippen LogP contribution in [0.3, 0.4) is 0 Å². The molecule has 1 heterocycles. The van der Waals surface area contributed by atoms with Crippen molar-refractivity contribution in [1.29, 1.82) is 0 Å². The van der Waals surface area contributed by atoms with Crippen molar-refractivity contribution >= 4 is 11.9 Å². The highest BCUT2D eigenvalue weighted by Crippen LogP contribution is 2.23. The first kappa shape index (κ1) is 53.9. The number of hydrogen-bond donors (Lipinski definition) is 0. The van der Waals surface area contributed by atoms with Gasteiger partial charge in [-0.25, -0.2) is 0 Å². The first-order valence-electron chi connectivity index (χ1n) is 25.7. The summed E-state index contributed by atoms with van der Waals surface area (Å²) in [5.74, 6) is 1.44. The largest absolute Gasteiger partial charge is 0.466 e. The number of piperidine rings is 1. The smallest absolute Gasteiger partial charge is 0.305 e. The van der Waals surface area contributed by atoms with Crippen molar-refractivity contribution in [1.82, 2.24) is 4.90 Å². The minimum Gasteiger partial charge on any atom is -0.466 e. The van der Waals surface area contributed by atoms with E-state index in [4.69, 9.17) is 14.2 Å². The van der Waals surface area contributed by atoms with E-state index in [-0.39, 0.29) is 11.9 Å². The first-order chi connectivity index (χ1) is 28.0. The van der Waals surface area contributed by atoms with Crippen LogP contribution in [0.1, 0.15) is 259 Å². The van der Waals surface area contributed by atoms with Crippen LogP contribution in [-0.4, -0.2) is 62.4 Å². The third kappa shape index (κ3) is 35.3. The van der Waals surface area contributed by atoms with Gasteiger partial charge in [-0.2, -0.15) is 0 Å². The lowest BCUT2D eigenvalue weighted by Gasteiger charge is -2.26. The zero-order valence-electron chi connectivity index (χ0n) is 38.9. The third-order valence-corrected chi connectivity index (χ3v) is 12.7. The molecule has 1 rings (SSSR count). The number of esters is 2. The number of carbonyl (C=O) groups is 2. The molecule has 0 N–H and O–H groups in total. The molecular weight excluding hydrogens is 707 g/mol. The van der Waals surface area contributed by atoms with Gasteiger partial charge in [0.1, 0.15) is 0 Å². The van der Waals surface area contributed by atoms with Crippen molar-refractivity contribution in [3.63, 3.8) is 0 Å². The van der Waals surface area contributed by atoms with Gasteiger partial charge in [-0.05, 0) is 82.7 Å². The molecule has 1 atom stereocenters. The molecule has 1 fully saturated rings. The van der Waals surface area contributed by atoms with E-state index >= 15 is 0 Å². The summed E-state index contributed by atoms with van der Waals surface area (Å²) in [5.41, 5.74) is 0. The summed E-state index contributed by atoms with van der Waals surface area (Å²) in [6.07, 6.45) is 43.2. The van der Waals surface area contributed by atoms with Gasteiger partial charge >= 0.3 is 11.9 Å². The van der Waals surface area contributed by atoms with Gasteiger partial charge in [-0.3, -0.25) is 9.59 Å². The highest BCUT2D eigenvalue weighted by atomic mass is 16.5. The summed E-state index contributed by atoms with van der Waals surface area (Å²) in [6.45, 7) is 14.9. The summed E-state index contributed by atoms with van der Waals surface area (Å²) < 4.78 is 17.9. The molecule has 0 amide bonds. The second kappa shape index (κ2) is 41.6. The maximum absolute atomic E-state index is 12.5. The lowest BCUT2D eigenvalue weighted by Crippen LogP contribution is -2.31. The number of hydrogen-bond acceptors (Lipinski definition) is 6. The molecule has 0 aliphatic carbocycles. The standard InChI is InChI=1S/C51H99NO5/c1-5-9-20-31-47(32-21-10-6-2)39-45-56-50(53)37-26-16-14-13-15-24-35-49(55-44-30-43-52-41-28-19-29-42-52)36-25-17-18-27-38-51(54)57-46-40-48(33-22-11-7-3)34-23-12-8-4/h47-49H,5-46H2,1-4H3. The second-order valence-corrected chi connectivity index (χ2v) is 18.1. The number of rotatable bonds is 43. The molecule has 57 heavy (non-hydrogen) atoms. The summed E-state index contributed by atoms with van der Waals surface area (Å²) in [7, 11) is 0. The summed E-state index contributed by atoms with van der Waals surface area (Å²) in [5, 5.41) is 0. The van der Waals surface area contributed by atoms with Crippen molar-refractivity contribution in [2.75, 3.05) is 39.5 Å². The molecule has 1 unspecified atom stereocenters. The predicted octanol–water partition coefficient (Wildman–Crippen LogP) is 15.1. The number of likely N-dealkylation sites (tertiary alicyclic amines) is 1. The fourth-order valence-corrected chi connectivity index (χ4v) is 8.80. The molecular formula is C51H99NO5. The van der Waals surface area contributed by atoms with Crippen LogP contribution in [0, 0.1) is 11.8 Å². The molecule has 0 bridgehead atoms. The van der Waals surface area contributed by atoms with E-state index in [2.05, 4.69) is 32.6 Å². The Morgan fingerprint density at radius 3 is 1.23 bits per heavy atom. The van der Waals surface area contributed by atoms with E-state index in [0.717, 1.165) is 70.3 Å². The lowest BCUT2D eigenvalue weighted by molar-refractivity contribution is -0.145. The SMILES string of the molecule is CCCCCC(CCCCC)CCOC(=O)CCCCCCCCC(CCCCCCC(=O)OCCC(CCCCC)CCCCC)OCCCN1CCCCC1. The molecule has 1 saturated heterocycles. The van der Waals surface area contributed by atoms with Gasteiger partial charge < -0.3 is 19.1 Å². The van der Waals surface area contributed by atoms with Crippen molar-refractivity contribution in [3.05, 3.63) is 0 Å². The van der Waals surface area contributed by atoms with Crippen LogP contribution in [0.25, 0.3) is 0 Å². The maximum Gasteiger partial charge on any atom is 0.305 e. The van der Waals surface area contributed by atoms with Crippen molar-refractivity contribution < 1.29 is 23.8 Å². The first-order valence-corrected chi connectivity index (χ1v) is 25.7. The Balaban J connectivity index is 2.25. The quantitative estimate of drug-likeness (QED) is 0.0452. The molecule has 0 aromatic heterocycles. The van der Waals surface area contributed by atoms with Gasteiger partial charge in [0, 0.05) is 26.0 Å². The topological polar surface area (TPSA) is 65.1 Å². The van der Waals surface area contributed by atoms with E-state index in [0.29, 0.717) is 38.1 Å². The molecule has 0 aromatic rings. The molecule has 1 aliphatic heterocycles. The fraction of sp³-hybridized carbons (Fsp3) is 0.961. The van der Waals surface area contributed by atoms with E-state index in [1.54, 1.807) is 0 Å². The van der Waals surface area contributed by atoms with Gasteiger partial charge in [0.15, 0.2) is 0 Å². The Hall–Kier alpha value is -1.14. The van der Waals surface area contributed by atoms with Gasteiger partial charge in [-0.1, -0.05) is 188 Å². The van der Waals surface area contributed by atoms with Crippen LogP contribution >= 0.6 is 0 Å². The molecule has 0 saturated carbocycles. The zero-order chi connectivity index (χ0) is 41.3. The lowest BCUT2D eigenvalue weighted by atomic mass is 9.92. The van der Waals surface area contributed by atoms with Crippen LogP contribution < -0.4 is 0 Å². The van der Waals surface area contributed by atoms with Crippen LogP contribution in [0.2, 0.25) is 0 Å². The van der Waals surface area contributed by atoms with Gasteiger partial charge in [0.25, 0.3) is 0 Å². The number of unbranched alkanes of at least 4 members (excludes halogenated alkanes) is 16. The van der Waals surface area contributed by atoms with Crippen LogP contribution in [0.5, 0.6) is 0 Å². The van der Waals surface area contributed by atoms with E-state index in [1.165, 1.54) is 180 Å². The molecule has 1 aliphatic rings.